The number of benzene rings is 2. The molecule has 30 heavy (non-hydrogen) atoms. The molecule has 0 fully saturated rings. The van der Waals surface area contributed by atoms with Crippen LogP contribution in [0.15, 0.2) is 96.4 Å². The molecule has 0 saturated heterocycles. The van der Waals surface area contributed by atoms with E-state index in [1.54, 1.807) is 24.3 Å². The Morgan fingerprint density at radius 2 is 1.00 bits per heavy atom. The number of phenolic OH excluding ortho intramolecular Hbond substituents is 2. The highest BCUT2D eigenvalue weighted by atomic mass is 16.3. The van der Waals surface area contributed by atoms with Gasteiger partial charge in [0.05, 0.1) is 0 Å². The Morgan fingerprint density at radius 3 is 1.33 bits per heavy atom. The molecule has 0 saturated carbocycles. The summed E-state index contributed by atoms with van der Waals surface area (Å²) in [4.78, 5) is 4.69. The average molecular weight is 401 g/mol. The lowest BCUT2D eigenvalue weighted by Gasteiger charge is -2.34. The summed E-state index contributed by atoms with van der Waals surface area (Å²) in [6.07, 6.45) is 17.1. The Bertz CT molecular complexity index is 888. The van der Waals surface area contributed by atoms with Crippen molar-refractivity contribution in [1.82, 2.24) is 0 Å². The summed E-state index contributed by atoms with van der Waals surface area (Å²) in [5.41, 5.74) is 4.73. The summed E-state index contributed by atoms with van der Waals surface area (Å²) in [5, 5.41) is 19.4. The summed E-state index contributed by atoms with van der Waals surface area (Å²) < 4.78 is 0. The van der Waals surface area contributed by atoms with Gasteiger partial charge in [-0.25, -0.2) is 0 Å². The number of nitrogens with zero attached hydrogens (tertiary/aromatic N) is 2. The van der Waals surface area contributed by atoms with Gasteiger partial charge in [0.25, 0.3) is 0 Å². The zero-order valence-electron chi connectivity index (χ0n) is 17.1. The second kappa shape index (κ2) is 9.40. The van der Waals surface area contributed by atoms with Gasteiger partial charge in [-0.15, -0.1) is 0 Å². The molecule has 0 aromatic heterocycles. The van der Waals surface area contributed by atoms with Crippen LogP contribution in [-0.2, 0) is 0 Å². The van der Waals surface area contributed by atoms with Crippen molar-refractivity contribution in [2.75, 3.05) is 22.9 Å². The minimum Gasteiger partial charge on any atom is -0.508 e. The van der Waals surface area contributed by atoms with Crippen LogP contribution in [-0.4, -0.2) is 23.3 Å². The van der Waals surface area contributed by atoms with Crippen LogP contribution < -0.4 is 9.80 Å². The van der Waals surface area contributed by atoms with Gasteiger partial charge in [0.2, 0.25) is 0 Å². The third kappa shape index (κ3) is 4.77. The summed E-state index contributed by atoms with van der Waals surface area (Å²) in [6, 6.07) is 14.9. The van der Waals surface area contributed by atoms with E-state index >= 15 is 0 Å². The predicted molar refractivity (Wildman–Crippen MR) is 124 cm³/mol. The Morgan fingerprint density at radius 1 is 0.600 bits per heavy atom. The second-order valence-electron chi connectivity index (χ2n) is 7.59. The Balaban J connectivity index is 1.61. The molecular formula is C26H28N2O2. The highest BCUT2D eigenvalue weighted by Crippen LogP contribution is 2.29. The zero-order valence-corrected chi connectivity index (χ0v) is 17.1. The second-order valence-corrected chi connectivity index (χ2v) is 7.59. The molecule has 4 nitrogen and oxygen atoms in total. The number of aromatic hydroxyl groups is 2. The molecular weight excluding hydrogens is 372 g/mol. The molecule has 0 spiro atoms. The molecule has 2 aromatic carbocycles. The van der Waals surface area contributed by atoms with Crippen LogP contribution in [0.4, 0.5) is 11.4 Å². The number of allylic oxidation sites excluding steroid dienone is 8. The molecule has 4 heteroatoms. The van der Waals surface area contributed by atoms with Gasteiger partial charge in [-0.3, -0.25) is 0 Å². The van der Waals surface area contributed by atoms with Crippen LogP contribution in [0.25, 0.3) is 0 Å². The number of phenols is 2. The zero-order chi connectivity index (χ0) is 20.8. The molecule has 0 bridgehead atoms. The monoisotopic (exact) mass is 400 g/mol. The van der Waals surface area contributed by atoms with E-state index < -0.39 is 0 Å². The largest absolute Gasteiger partial charge is 0.508 e. The van der Waals surface area contributed by atoms with Crippen molar-refractivity contribution in [2.45, 2.75) is 25.7 Å². The van der Waals surface area contributed by atoms with Crippen molar-refractivity contribution < 1.29 is 10.2 Å². The SMILES string of the molecule is Oc1ccc(N(CCN(C2=CC=CCC2)c2ccc(O)cc2)C2=CC=CCC2)cc1. The maximum atomic E-state index is 9.72. The Hall–Kier alpha value is -3.40. The van der Waals surface area contributed by atoms with Gasteiger partial charge >= 0.3 is 0 Å². The smallest absolute Gasteiger partial charge is 0.115 e. The van der Waals surface area contributed by atoms with Crippen LogP contribution in [0.1, 0.15) is 25.7 Å². The van der Waals surface area contributed by atoms with E-state index in [1.165, 1.54) is 11.4 Å². The van der Waals surface area contributed by atoms with E-state index in [0.29, 0.717) is 0 Å². The molecule has 2 aromatic rings. The molecule has 4 rings (SSSR count). The van der Waals surface area contributed by atoms with Gasteiger partial charge < -0.3 is 20.0 Å². The van der Waals surface area contributed by atoms with Crippen molar-refractivity contribution in [1.29, 1.82) is 0 Å². The molecule has 0 heterocycles. The fourth-order valence-electron chi connectivity index (χ4n) is 3.97. The third-order valence-electron chi connectivity index (χ3n) is 5.55. The van der Waals surface area contributed by atoms with Gasteiger partial charge in [0.1, 0.15) is 11.5 Å². The lowest BCUT2D eigenvalue weighted by molar-refractivity contribution is 0.474. The maximum absolute atomic E-state index is 9.72. The normalized spacial score (nSPS) is 15.5. The van der Waals surface area contributed by atoms with Gasteiger partial charge in [-0.05, 0) is 86.4 Å². The highest BCUT2D eigenvalue weighted by molar-refractivity contribution is 5.58. The first kappa shape index (κ1) is 19.9. The molecule has 2 aliphatic rings. The van der Waals surface area contributed by atoms with E-state index in [1.807, 2.05) is 24.3 Å². The van der Waals surface area contributed by atoms with Crippen LogP contribution in [0.5, 0.6) is 11.5 Å². The minimum absolute atomic E-state index is 0.279. The lowest BCUT2D eigenvalue weighted by atomic mass is 10.1. The van der Waals surface area contributed by atoms with Crippen molar-refractivity contribution in [3.63, 3.8) is 0 Å². The first-order valence-electron chi connectivity index (χ1n) is 10.6. The number of hydrogen-bond acceptors (Lipinski definition) is 4. The molecule has 2 aliphatic carbocycles. The molecule has 154 valence electrons. The quantitative estimate of drug-likeness (QED) is 0.609. The van der Waals surface area contributed by atoms with Crippen molar-refractivity contribution in [3.05, 3.63) is 96.4 Å². The van der Waals surface area contributed by atoms with Crippen molar-refractivity contribution in [2.24, 2.45) is 0 Å². The van der Waals surface area contributed by atoms with E-state index in [0.717, 1.165) is 50.1 Å². The fraction of sp³-hybridized carbons (Fsp3) is 0.231. The Labute approximate surface area is 178 Å². The van der Waals surface area contributed by atoms with Crippen LogP contribution in [0.3, 0.4) is 0 Å². The van der Waals surface area contributed by atoms with Crippen LogP contribution >= 0.6 is 0 Å². The standard InChI is InChI=1S/C26H28N2O2/c29-25-15-11-23(12-16-25)27(21-7-3-1-4-8-21)19-20-28(22-9-5-2-6-10-22)24-13-17-26(30)18-14-24/h1-3,5,7,9,11-18,29-30H,4,6,8,10,19-20H2. The van der Waals surface area contributed by atoms with Gasteiger partial charge in [-0.1, -0.05) is 24.3 Å². The average Bonchev–Trinajstić information content (AvgIpc) is 2.80. The van der Waals surface area contributed by atoms with Gasteiger partial charge in [-0.2, -0.15) is 0 Å². The summed E-state index contributed by atoms with van der Waals surface area (Å²) in [5.74, 6) is 0.558. The van der Waals surface area contributed by atoms with Gasteiger partial charge in [0.15, 0.2) is 0 Å². The van der Waals surface area contributed by atoms with E-state index in [-0.39, 0.29) is 11.5 Å². The first-order chi connectivity index (χ1) is 14.7. The third-order valence-corrected chi connectivity index (χ3v) is 5.55. The predicted octanol–water partition coefficient (Wildman–Crippen LogP) is 5.88. The topological polar surface area (TPSA) is 46.9 Å². The summed E-state index contributed by atoms with van der Waals surface area (Å²) in [7, 11) is 0. The molecule has 0 radical (unpaired) electrons. The summed E-state index contributed by atoms with van der Waals surface area (Å²) >= 11 is 0. The van der Waals surface area contributed by atoms with Crippen LogP contribution in [0.2, 0.25) is 0 Å². The molecule has 0 atom stereocenters. The van der Waals surface area contributed by atoms with E-state index in [9.17, 15) is 10.2 Å². The van der Waals surface area contributed by atoms with Gasteiger partial charge in [0, 0.05) is 35.9 Å². The first-order valence-corrected chi connectivity index (χ1v) is 10.6. The highest BCUT2D eigenvalue weighted by Gasteiger charge is 2.18. The van der Waals surface area contributed by atoms with Crippen LogP contribution in [0, 0.1) is 0 Å². The number of rotatable bonds is 7. The number of anilines is 2. The lowest BCUT2D eigenvalue weighted by Crippen LogP contribution is -2.35. The molecule has 0 unspecified atom stereocenters. The molecule has 2 N–H and O–H groups in total. The Kier molecular flexibility index (Phi) is 6.23. The van der Waals surface area contributed by atoms with E-state index in [4.69, 9.17) is 0 Å². The number of hydrogen-bond donors (Lipinski definition) is 2. The maximum Gasteiger partial charge on any atom is 0.115 e. The van der Waals surface area contributed by atoms with Crippen molar-refractivity contribution >= 4 is 11.4 Å². The fourth-order valence-corrected chi connectivity index (χ4v) is 3.97. The summed E-state index contributed by atoms with van der Waals surface area (Å²) in [6.45, 7) is 1.62. The van der Waals surface area contributed by atoms with E-state index in [2.05, 4.69) is 46.3 Å². The van der Waals surface area contributed by atoms with Crippen molar-refractivity contribution in [3.8, 4) is 11.5 Å². The minimum atomic E-state index is 0.279. The molecule has 0 amide bonds. The molecule has 0 aliphatic heterocycles.